The molecule has 2 heteroatoms. The summed E-state index contributed by atoms with van der Waals surface area (Å²) in [5.74, 6) is 0. The van der Waals surface area contributed by atoms with Gasteiger partial charge in [0.05, 0.1) is 0 Å². The lowest BCUT2D eigenvalue weighted by Crippen LogP contribution is -2.27. The summed E-state index contributed by atoms with van der Waals surface area (Å²) in [5.41, 5.74) is 1.26. The quantitative estimate of drug-likeness (QED) is 0.826. The second kappa shape index (κ2) is 7.27. The first-order chi connectivity index (χ1) is 9.24. The molecule has 1 aromatic heterocycles. The fourth-order valence-corrected chi connectivity index (χ4v) is 3.02. The molecule has 0 saturated carbocycles. The minimum atomic E-state index is 0.512. The second-order valence-electron chi connectivity index (χ2n) is 4.84. The van der Waals surface area contributed by atoms with Gasteiger partial charge in [0.2, 0.25) is 0 Å². The molecule has 0 fully saturated rings. The van der Waals surface area contributed by atoms with E-state index in [1.807, 2.05) is 17.4 Å². The first-order valence-electron chi connectivity index (χ1n) is 6.74. The molecule has 0 aliphatic rings. The Balaban J connectivity index is 1.72. The van der Waals surface area contributed by atoms with Crippen molar-refractivity contribution in [2.45, 2.75) is 26.3 Å². The van der Waals surface area contributed by atoms with E-state index in [2.05, 4.69) is 67.7 Å². The van der Waals surface area contributed by atoms with Gasteiger partial charge < -0.3 is 5.32 Å². The predicted octanol–water partition coefficient (Wildman–Crippen LogP) is 4.29. The van der Waals surface area contributed by atoms with Crippen molar-refractivity contribution >= 4 is 17.4 Å². The third kappa shape index (κ3) is 5.01. The number of hydrogen-bond acceptors (Lipinski definition) is 2. The minimum absolute atomic E-state index is 0.512. The van der Waals surface area contributed by atoms with Gasteiger partial charge >= 0.3 is 0 Å². The summed E-state index contributed by atoms with van der Waals surface area (Å²) < 4.78 is 0. The van der Waals surface area contributed by atoms with Crippen LogP contribution in [0.4, 0.5) is 0 Å². The van der Waals surface area contributed by atoms with E-state index in [0.717, 1.165) is 13.0 Å². The molecule has 2 aromatic rings. The molecule has 1 N–H and O–H groups in total. The lowest BCUT2D eigenvalue weighted by atomic mass is 10.2. The highest BCUT2D eigenvalue weighted by molar-refractivity contribution is 7.11. The van der Waals surface area contributed by atoms with Crippen molar-refractivity contribution in [1.82, 2.24) is 5.32 Å². The van der Waals surface area contributed by atoms with Crippen molar-refractivity contribution in [3.8, 4) is 0 Å². The second-order valence-corrected chi connectivity index (χ2v) is 6.21. The number of thiophene rings is 1. The van der Waals surface area contributed by atoms with Crippen molar-refractivity contribution in [2.75, 3.05) is 6.54 Å². The van der Waals surface area contributed by atoms with Gasteiger partial charge in [-0.3, -0.25) is 0 Å². The maximum absolute atomic E-state index is 3.53. The Morgan fingerprint density at radius 2 is 1.95 bits per heavy atom. The molecule has 19 heavy (non-hydrogen) atoms. The van der Waals surface area contributed by atoms with Gasteiger partial charge in [0.1, 0.15) is 0 Å². The largest absolute Gasteiger partial charge is 0.310 e. The average molecular weight is 271 g/mol. The van der Waals surface area contributed by atoms with E-state index >= 15 is 0 Å². The summed E-state index contributed by atoms with van der Waals surface area (Å²) >= 11 is 1.89. The molecular weight excluding hydrogens is 250 g/mol. The van der Waals surface area contributed by atoms with E-state index in [1.165, 1.54) is 15.3 Å². The molecule has 1 heterocycles. The van der Waals surface area contributed by atoms with E-state index < -0.39 is 0 Å². The van der Waals surface area contributed by atoms with Gasteiger partial charge in [0.25, 0.3) is 0 Å². The smallest absolute Gasteiger partial charge is 0.0140 e. The van der Waals surface area contributed by atoms with Gasteiger partial charge in [-0.1, -0.05) is 42.5 Å². The first kappa shape index (κ1) is 14.0. The summed E-state index contributed by atoms with van der Waals surface area (Å²) in [6.45, 7) is 5.32. The molecule has 1 unspecified atom stereocenters. The molecule has 0 radical (unpaired) electrons. The van der Waals surface area contributed by atoms with Gasteiger partial charge in [0.15, 0.2) is 0 Å². The molecule has 0 spiro atoms. The molecule has 0 aliphatic heterocycles. The van der Waals surface area contributed by atoms with Crippen LogP contribution in [-0.4, -0.2) is 12.6 Å². The van der Waals surface area contributed by atoms with Crippen LogP contribution in [-0.2, 0) is 6.42 Å². The highest BCUT2D eigenvalue weighted by Crippen LogP contribution is 2.16. The summed E-state index contributed by atoms with van der Waals surface area (Å²) in [5, 5.41) is 3.53. The molecule has 100 valence electrons. The van der Waals surface area contributed by atoms with Gasteiger partial charge in [-0.25, -0.2) is 0 Å². The molecule has 0 bridgehead atoms. The molecule has 1 atom stereocenters. The van der Waals surface area contributed by atoms with E-state index in [4.69, 9.17) is 0 Å². The summed E-state index contributed by atoms with van der Waals surface area (Å²) in [6.07, 6.45) is 5.46. The van der Waals surface area contributed by atoms with E-state index in [-0.39, 0.29) is 0 Å². The van der Waals surface area contributed by atoms with E-state index in [1.54, 1.807) is 0 Å². The zero-order chi connectivity index (χ0) is 13.5. The highest BCUT2D eigenvalue weighted by atomic mass is 32.1. The predicted molar refractivity (Wildman–Crippen MR) is 85.7 cm³/mol. The van der Waals surface area contributed by atoms with Crippen LogP contribution >= 0.6 is 11.3 Å². The normalized spacial score (nSPS) is 12.9. The lowest BCUT2D eigenvalue weighted by Gasteiger charge is -2.10. The molecule has 0 saturated heterocycles. The van der Waals surface area contributed by atoms with Crippen LogP contribution < -0.4 is 5.32 Å². The van der Waals surface area contributed by atoms with Gasteiger partial charge in [0, 0.05) is 22.3 Å². The van der Waals surface area contributed by atoms with Crippen LogP contribution in [0, 0.1) is 6.92 Å². The van der Waals surface area contributed by atoms with Crippen LogP contribution in [0.2, 0.25) is 0 Å². The van der Waals surface area contributed by atoms with Gasteiger partial charge in [-0.2, -0.15) is 0 Å². The van der Waals surface area contributed by atoms with Crippen molar-refractivity contribution in [3.63, 3.8) is 0 Å². The van der Waals surface area contributed by atoms with Crippen LogP contribution in [0.15, 0.2) is 48.5 Å². The van der Waals surface area contributed by atoms with Crippen LogP contribution in [0.1, 0.15) is 22.2 Å². The number of aryl methyl sites for hydroxylation is 1. The maximum Gasteiger partial charge on any atom is 0.0140 e. The third-order valence-corrected chi connectivity index (χ3v) is 4.02. The Hall–Kier alpha value is -1.38. The molecule has 0 amide bonds. The Morgan fingerprint density at radius 1 is 1.16 bits per heavy atom. The number of rotatable bonds is 6. The van der Waals surface area contributed by atoms with Gasteiger partial charge in [-0.15, -0.1) is 11.3 Å². The van der Waals surface area contributed by atoms with Crippen molar-refractivity contribution < 1.29 is 0 Å². The van der Waals surface area contributed by atoms with Crippen LogP contribution in [0.3, 0.4) is 0 Å². The SMILES string of the molecule is Cc1ccc(CC(C)NCC=Cc2ccccc2)s1. The summed E-state index contributed by atoms with van der Waals surface area (Å²) in [6, 6.07) is 15.4. The third-order valence-electron chi connectivity index (χ3n) is 3.00. The Labute approximate surface area is 120 Å². The fourth-order valence-electron chi connectivity index (χ4n) is 2.00. The standard InChI is InChI=1S/C17H21NS/c1-14(13-17-11-10-15(2)19-17)18-12-6-9-16-7-4-3-5-8-16/h3-11,14,18H,12-13H2,1-2H3. The van der Waals surface area contributed by atoms with Crippen molar-refractivity contribution in [3.05, 3.63) is 63.9 Å². The van der Waals surface area contributed by atoms with Crippen molar-refractivity contribution in [1.29, 1.82) is 0 Å². The van der Waals surface area contributed by atoms with Crippen LogP contribution in [0.5, 0.6) is 0 Å². The summed E-state index contributed by atoms with van der Waals surface area (Å²) in [4.78, 5) is 2.86. The van der Waals surface area contributed by atoms with E-state index in [9.17, 15) is 0 Å². The molecule has 2 rings (SSSR count). The topological polar surface area (TPSA) is 12.0 Å². The first-order valence-corrected chi connectivity index (χ1v) is 7.56. The number of nitrogens with one attached hydrogen (secondary N) is 1. The molecule has 1 nitrogen and oxygen atoms in total. The average Bonchev–Trinajstić information content (AvgIpc) is 2.81. The molecule has 0 aliphatic carbocycles. The lowest BCUT2D eigenvalue weighted by molar-refractivity contribution is 0.585. The fraction of sp³-hybridized carbons (Fsp3) is 0.294. The molecular formula is C17H21NS. The van der Waals surface area contributed by atoms with Crippen molar-refractivity contribution in [2.24, 2.45) is 0 Å². The minimum Gasteiger partial charge on any atom is -0.310 e. The highest BCUT2D eigenvalue weighted by Gasteiger charge is 2.03. The van der Waals surface area contributed by atoms with E-state index in [0.29, 0.717) is 6.04 Å². The number of benzene rings is 1. The Morgan fingerprint density at radius 3 is 2.63 bits per heavy atom. The Kier molecular flexibility index (Phi) is 5.37. The van der Waals surface area contributed by atoms with Gasteiger partial charge in [-0.05, 0) is 38.0 Å². The zero-order valence-electron chi connectivity index (χ0n) is 11.6. The Bertz CT molecular complexity index is 513. The number of hydrogen-bond donors (Lipinski definition) is 1. The zero-order valence-corrected chi connectivity index (χ0v) is 12.4. The monoisotopic (exact) mass is 271 g/mol. The maximum atomic E-state index is 3.53. The molecule has 1 aromatic carbocycles. The summed E-state index contributed by atoms with van der Waals surface area (Å²) in [7, 11) is 0. The van der Waals surface area contributed by atoms with Crippen LogP contribution in [0.25, 0.3) is 6.08 Å².